The SMILES string of the molecule is CCOP(=O)(OCC)c1c(N)oc(-c2ccccc2)c(-c2ccccc2)c1=S. The second-order valence-corrected chi connectivity index (χ2v) is 8.28. The molecule has 0 fully saturated rings. The summed E-state index contributed by atoms with van der Waals surface area (Å²) in [5.41, 5.74) is 8.46. The highest BCUT2D eigenvalue weighted by atomic mass is 32.1. The number of anilines is 1. The lowest BCUT2D eigenvalue weighted by molar-refractivity contribution is 0.229. The van der Waals surface area contributed by atoms with Crippen LogP contribution in [0.15, 0.2) is 65.1 Å². The van der Waals surface area contributed by atoms with Crippen LogP contribution in [0.3, 0.4) is 0 Å². The summed E-state index contributed by atoms with van der Waals surface area (Å²) in [6.07, 6.45) is 0. The molecular weight excluding hydrogens is 393 g/mol. The Labute approximate surface area is 169 Å². The zero-order chi connectivity index (χ0) is 20.1. The van der Waals surface area contributed by atoms with Gasteiger partial charge in [-0.25, -0.2) is 0 Å². The van der Waals surface area contributed by atoms with Gasteiger partial charge >= 0.3 is 7.60 Å². The average molecular weight is 415 g/mol. The van der Waals surface area contributed by atoms with Crippen LogP contribution in [0.4, 0.5) is 5.88 Å². The van der Waals surface area contributed by atoms with Crippen molar-refractivity contribution in [3.8, 4) is 22.5 Å². The van der Waals surface area contributed by atoms with E-state index in [-0.39, 0.29) is 24.4 Å². The molecule has 0 atom stereocenters. The molecule has 0 radical (unpaired) electrons. The van der Waals surface area contributed by atoms with Gasteiger partial charge in [0.05, 0.1) is 17.7 Å². The van der Waals surface area contributed by atoms with Crippen molar-refractivity contribution in [2.24, 2.45) is 0 Å². The number of nitrogen functional groups attached to an aromatic ring is 1. The Morgan fingerprint density at radius 2 is 1.43 bits per heavy atom. The van der Waals surface area contributed by atoms with Gasteiger partial charge in [-0.05, 0) is 19.4 Å². The molecule has 0 spiro atoms. The Hall–Kier alpha value is -2.24. The molecule has 146 valence electrons. The van der Waals surface area contributed by atoms with Gasteiger partial charge in [-0.1, -0.05) is 72.9 Å². The number of nitrogens with two attached hydrogens (primary N) is 1. The Balaban J connectivity index is 2.37. The van der Waals surface area contributed by atoms with Crippen LogP contribution in [0, 0.1) is 4.51 Å². The van der Waals surface area contributed by atoms with Gasteiger partial charge in [-0.15, -0.1) is 0 Å². The molecule has 2 N–H and O–H groups in total. The van der Waals surface area contributed by atoms with Crippen molar-refractivity contribution >= 4 is 31.0 Å². The van der Waals surface area contributed by atoms with Gasteiger partial charge in [0.1, 0.15) is 11.1 Å². The van der Waals surface area contributed by atoms with Crippen LogP contribution in [0.25, 0.3) is 22.5 Å². The zero-order valence-electron chi connectivity index (χ0n) is 15.8. The second kappa shape index (κ2) is 8.84. The molecule has 0 aliphatic heterocycles. The number of rotatable bonds is 7. The normalized spacial score (nSPS) is 11.5. The molecule has 2 aromatic carbocycles. The summed E-state index contributed by atoms with van der Waals surface area (Å²) >= 11 is 5.75. The predicted octanol–water partition coefficient (Wildman–Crippen LogP) is 5.82. The van der Waals surface area contributed by atoms with E-state index >= 15 is 0 Å². The fraction of sp³-hybridized carbons (Fsp3) is 0.190. The summed E-state index contributed by atoms with van der Waals surface area (Å²) in [7, 11) is -3.73. The van der Waals surface area contributed by atoms with Crippen LogP contribution in [-0.4, -0.2) is 13.2 Å². The molecule has 3 aromatic rings. The summed E-state index contributed by atoms with van der Waals surface area (Å²) < 4.78 is 30.7. The lowest BCUT2D eigenvalue weighted by Crippen LogP contribution is -2.17. The monoisotopic (exact) mass is 415 g/mol. The highest BCUT2D eigenvalue weighted by Gasteiger charge is 2.34. The molecule has 0 aliphatic carbocycles. The highest BCUT2D eigenvalue weighted by molar-refractivity contribution is 7.73. The van der Waals surface area contributed by atoms with Gasteiger partial charge < -0.3 is 19.2 Å². The van der Waals surface area contributed by atoms with Crippen molar-refractivity contribution in [1.29, 1.82) is 0 Å². The molecule has 5 nitrogen and oxygen atoms in total. The molecule has 0 bridgehead atoms. The van der Waals surface area contributed by atoms with Gasteiger partial charge in [0.15, 0.2) is 0 Å². The Morgan fingerprint density at radius 1 is 0.929 bits per heavy atom. The quantitative estimate of drug-likeness (QED) is 0.387. The van der Waals surface area contributed by atoms with Crippen LogP contribution in [-0.2, 0) is 13.6 Å². The number of hydrogen-bond acceptors (Lipinski definition) is 6. The molecule has 0 amide bonds. The first-order chi connectivity index (χ1) is 13.5. The van der Waals surface area contributed by atoms with Crippen LogP contribution in [0.1, 0.15) is 13.8 Å². The molecule has 0 saturated heterocycles. The topological polar surface area (TPSA) is 74.7 Å². The minimum atomic E-state index is -3.73. The lowest BCUT2D eigenvalue weighted by atomic mass is 10.0. The molecule has 1 heterocycles. The maximum absolute atomic E-state index is 13.4. The zero-order valence-corrected chi connectivity index (χ0v) is 17.5. The van der Waals surface area contributed by atoms with E-state index in [1.54, 1.807) is 13.8 Å². The first-order valence-corrected chi connectivity index (χ1v) is 10.9. The van der Waals surface area contributed by atoms with E-state index in [1.165, 1.54) is 0 Å². The van der Waals surface area contributed by atoms with E-state index in [2.05, 4.69) is 0 Å². The summed E-state index contributed by atoms with van der Waals surface area (Å²) in [5.74, 6) is 0.450. The Morgan fingerprint density at radius 3 is 1.93 bits per heavy atom. The standard InChI is InChI=1S/C21H22NO4PS/c1-3-24-27(23,25-4-2)19-20(28)17(15-11-7-5-8-12-15)18(26-21(19)22)16-13-9-6-10-14-16/h5-14H,3-4,22H2,1-2H3. The van der Waals surface area contributed by atoms with Gasteiger partial charge in [0.2, 0.25) is 5.88 Å². The highest BCUT2D eigenvalue weighted by Crippen LogP contribution is 2.50. The molecule has 3 rings (SSSR count). The smallest absolute Gasteiger partial charge is 0.368 e. The fourth-order valence-electron chi connectivity index (χ4n) is 2.97. The van der Waals surface area contributed by atoms with Gasteiger partial charge in [-0.2, -0.15) is 0 Å². The van der Waals surface area contributed by atoms with E-state index in [0.29, 0.717) is 15.8 Å². The van der Waals surface area contributed by atoms with E-state index in [0.717, 1.165) is 11.1 Å². The van der Waals surface area contributed by atoms with Gasteiger partial charge in [0, 0.05) is 11.1 Å². The number of benzene rings is 2. The van der Waals surface area contributed by atoms with Gasteiger partial charge in [0.25, 0.3) is 0 Å². The molecule has 7 heteroatoms. The molecule has 0 saturated carbocycles. The van der Waals surface area contributed by atoms with Crippen LogP contribution in [0.5, 0.6) is 0 Å². The van der Waals surface area contributed by atoms with Crippen molar-refractivity contribution in [2.75, 3.05) is 18.9 Å². The van der Waals surface area contributed by atoms with E-state index < -0.39 is 7.60 Å². The largest absolute Gasteiger partial charge is 0.439 e. The molecule has 1 aromatic heterocycles. The minimum absolute atomic E-state index is 0.0613. The van der Waals surface area contributed by atoms with Crippen molar-refractivity contribution in [3.05, 3.63) is 65.2 Å². The van der Waals surface area contributed by atoms with Gasteiger partial charge in [-0.3, -0.25) is 4.57 Å². The first kappa shape index (κ1) is 20.5. The maximum atomic E-state index is 13.4. The van der Waals surface area contributed by atoms with Crippen LogP contribution < -0.4 is 11.0 Å². The number of hydrogen-bond donors (Lipinski definition) is 1. The third kappa shape index (κ3) is 3.96. The predicted molar refractivity (Wildman–Crippen MR) is 115 cm³/mol. The van der Waals surface area contributed by atoms with E-state index in [4.69, 9.17) is 31.4 Å². The summed E-state index contributed by atoms with van der Waals surface area (Å²) in [4.78, 5) is 0. The lowest BCUT2D eigenvalue weighted by Gasteiger charge is -2.20. The van der Waals surface area contributed by atoms with E-state index in [9.17, 15) is 4.57 Å². The third-order valence-electron chi connectivity index (χ3n) is 4.09. The van der Waals surface area contributed by atoms with Crippen molar-refractivity contribution in [3.63, 3.8) is 0 Å². The average Bonchev–Trinajstić information content (AvgIpc) is 2.69. The molecule has 28 heavy (non-hydrogen) atoms. The van der Waals surface area contributed by atoms with Crippen LogP contribution in [0.2, 0.25) is 0 Å². The summed E-state index contributed by atoms with van der Waals surface area (Å²) in [6.45, 7) is 3.84. The molecule has 0 aliphatic rings. The fourth-order valence-corrected chi connectivity index (χ4v) is 5.30. The maximum Gasteiger partial charge on any atom is 0.368 e. The van der Waals surface area contributed by atoms with Crippen molar-refractivity contribution in [2.45, 2.75) is 13.8 Å². The van der Waals surface area contributed by atoms with Crippen molar-refractivity contribution in [1.82, 2.24) is 0 Å². The van der Waals surface area contributed by atoms with E-state index in [1.807, 2.05) is 60.7 Å². The first-order valence-electron chi connectivity index (χ1n) is 8.99. The second-order valence-electron chi connectivity index (χ2n) is 5.91. The third-order valence-corrected chi connectivity index (χ3v) is 6.83. The van der Waals surface area contributed by atoms with Crippen LogP contribution >= 0.6 is 19.8 Å². The molecular formula is C21H22NO4PS. The van der Waals surface area contributed by atoms with Crippen molar-refractivity contribution < 1.29 is 18.0 Å². The Bertz CT molecular complexity index is 1040. The molecule has 0 unspecified atom stereocenters. The Kier molecular flexibility index (Phi) is 6.47. The minimum Gasteiger partial charge on any atom is -0.439 e. The summed E-state index contributed by atoms with van der Waals surface area (Å²) in [5, 5.41) is 0.102. The summed E-state index contributed by atoms with van der Waals surface area (Å²) in [6, 6.07) is 19.1.